The van der Waals surface area contributed by atoms with E-state index in [1.54, 1.807) is 6.07 Å². The molecular weight excluding hydrogens is 204 g/mol. The van der Waals surface area contributed by atoms with Crippen molar-refractivity contribution in [1.82, 2.24) is 4.90 Å². The molecule has 0 amide bonds. The van der Waals surface area contributed by atoms with E-state index in [1.807, 2.05) is 17.9 Å². The average Bonchev–Trinajstić information content (AvgIpc) is 2.74. The molecule has 0 saturated carbocycles. The molecule has 0 fully saturated rings. The van der Waals surface area contributed by atoms with Crippen LogP contribution in [0.1, 0.15) is 11.1 Å². The van der Waals surface area contributed by atoms with Crippen LogP contribution in [0.4, 0.5) is 5.69 Å². The van der Waals surface area contributed by atoms with Crippen LogP contribution in [0.15, 0.2) is 22.1 Å². The highest BCUT2D eigenvalue weighted by molar-refractivity contribution is 6.15. The van der Waals surface area contributed by atoms with Crippen molar-refractivity contribution in [3.8, 4) is 5.75 Å². The van der Waals surface area contributed by atoms with Crippen LogP contribution in [-0.4, -0.2) is 34.9 Å². The molecule has 2 aliphatic heterocycles. The highest BCUT2D eigenvalue weighted by atomic mass is 16.3. The van der Waals surface area contributed by atoms with Gasteiger partial charge in [0.1, 0.15) is 11.6 Å². The number of guanidine groups is 1. The number of fused-ring (bicyclic) bond motifs is 3. The minimum Gasteiger partial charge on any atom is -0.508 e. The third-order valence-corrected chi connectivity index (χ3v) is 2.99. The number of nitrogens with zero attached hydrogens (tertiary/aromatic N) is 3. The SMILES string of the molecule is Cc1c(O)ccc2c1N=C(N)N1CCN=C21. The lowest BCUT2D eigenvalue weighted by molar-refractivity contribution is 0.471. The summed E-state index contributed by atoms with van der Waals surface area (Å²) in [5, 5.41) is 9.64. The molecule has 0 aromatic heterocycles. The zero-order valence-electron chi connectivity index (χ0n) is 8.94. The maximum atomic E-state index is 9.64. The van der Waals surface area contributed by atoms with Crippen molar-refractivity contribution in [3.63, 3.8) is 0 Å². The Kier molecular flexibility index (Phi) is 1.71. The summed E-state index contributed by atoms with van der Waals surface area (Å²) in [5.41, 5.74) is 8.29. The van der Waals surface area contributed by atoms with Gasteiger partial charge in [-0.3, -0.25) is 9.89 Å². The summed E-state index contributed by atoms with van der Waals surface area (Å²) in [6, 6.07) is 3.51. The van der Waals surface area contributed by atoms with Gasteiger partial charge in [0.25, 0.3) is 0 Å². The van der Waals surface area contributed by atoms with Crippen LogP contribution in [0.25, 0.3) is 0 Å². The quantitative estimate of drug-likeness (QED) is 0.671. The summed E-state index contributed by atoms with van der Waals surface area (Å²) in [6.07, 6.45) is 0. The molecule has 0 aliphatic carbocycles. The van der Waals surface area contributed by atoms with Crippen LogP contribution in [0.3, 0.4) is 0 Å². The Morgan fingerprint density at radius 2 is 2.25 bits per heavy atom. The average molecular weight is 216 g/mol. The van der Waals surface area contributed by atoms with Crippen LogP contribution < -0.4 is 5.73 Å². The van der Waals surface area contributed by atoms with Crippen LogP contribution in [-0.2, 0) is 0 Å². The van der Waals surface area contributed by atoms with Crippen molar-refractivity contribution < 1.29 is 5.11 Å². The largest absolute Gasteiger partial charge is 0.508 e. The topological polar surface area (TPSA) is 74.2 Å². The second kappa shape index (κ2) is 2.98. The number of benzene rings is 1. The third-order valence-electron chi connectivity index (χ3n) is 2.99. The maximum Gasteiger partial charge on any atom is 0.202 e. The van der Waals surface area contributed by atoms with Crippen molar-refractivity contribution in [3.05, 3.63) is 23.3 Å². The summed E-state index contributed by atoms with van der Waals surface area (Å²) < 4.78 is 0. The van der Waals surface area contributed by atoms with Crippen molar-refractivity contribution in [2.45, 2.75) is 6.92 Å². The van der Waals surface area contributed by atoms with E-state index in [0.717, 1.165) is 35.7 Å². The highest BCUT2D eigenvalue weighted by Crippen LogP contribution is 2.35. The fourth-order valence-electron chi connectivity index (χ4n) is 2.09. The smallest absolute Gasteiger partial charge is 0.202 e. The zero-order valence-corrected chi connectivity index (χ0v) is 8.94. The predicted molar refractivity (Wildman–Crippen MR) is 62.2 cm³/mol. The number of aliphatic imine (C=N–C) groups is 2. The van der Waals surface area contributed by atoms with Crippen molar-refractivity contribution in [2.75, 3.05) is 13.1 Å². The maximum absolute atomic E-state index is 9.64. The molecule has 0 unspecified atom stereocenters. The zero-order chi connectivity index (χ0) is 11.3. The number of nitrogens with two attached hydrogens (primary N) is 1. The van der Waals surface area contributed by atoms with Crippen LogP contribution >= 0.6 is 0 Å². The minimum absolute atomic E-state index is 0.238. The standard InChI is InChI=1S/C11H12N4O/c1-6-8(16)3-2-7-9(6)14-11(12)15-5-4-13-10(7)15/h2-3,16H,4-5H2,1H3,(H2,12,14). The summed E-state index contributed by atoms with van der Waals surface area (Å²) in [5.74, 6) is 1.56. The van der Waals surface area contributed by atoms with Gasteiger partial charge in [0.05, 0.1) is 12.2 Å². The van der Waals surface area contributed by atoms with Gasteiger partial charge in [-0.2, -0.15) is 0 Å². The fourth-order valence-corrected chi connectivity index (χ4v) is 2.09. The molecule has 1 aromatic rings. The molecule has 0 saturated heterocycles. The molecule has 0 atom stereocenters. The van der Waals surface area contributed by atoms with Crippen molar-refractivity contribution >= 4 is 17.5 Å². The van der Waals surface area contributed by atoms with Gasteiger partial charge in [-0.15, -0.1) is 0 Å². The molecule has 1 aromatic carbocycles. The number of rotatable bonds is 0. The first-order valence-corrected chi connectivity index (χ1v) is 5.17. The van der Waals surface area contributed by atoms with Crippen LogP contribution in [0, 0.1) is 6.92 Å². The van der Waals surface area contributed by atoms with Crippen LogP contribution in [0.2, 0.25) is 0 Å². The van der Waals surface area contributed by atoms with Gasteiger partial charge >= 0.3 is 0 Å². The molecule has 3 rings (SSSR count). The van der Waals surface area contributed by atoms with E-state index in [1.165, 1.54) is 0 Å². The highest BCUT2D eigenvalue weighted by Gasteiger charge is 2.29. The fraction of sp³-hybridized carbons (Fsp3) is 0.273. The lowest BCUT2D eigenvalue weighted by atomic mass is 10.0. The van der Waals surface area contributed by atoms with Gasteiger partial charge in [0.15, 0.2) is 0 Å². The number of phenolic OH excluding ortho intramolecular Hbond substituents is 1. The molecule has 0 bridgehead atoms. The van der Waals surface area contributed by atoms with Gasteiger partial charge in [-0.25, -0.2) is 4.99 Å². The molecule has 2 aliphatic rings. The number of aromatic hydroxyl groups is 1. The molecule has 3 N–H and O–H groups in total. The number of hydrogen-bond donors (Lipinski definition) is 2. The number of hydrogen-bond acceptors (Lipinski definition) is 5. The van der Waals surface area contributed by atoms with E-state index >= 15 is 0 Å². The van der Waals surface area contributed by atoms with Gasteiger partial charge in [0.2, 0.25) is 5.96 Å². The normalized spacial score (nSPS) is 17.7. The van der Waals surface area contributed by atoms with Gasteiger partial charge in [0, 0.05) is 17.7 Å². The molecule has 5 nitrogen and oxygen atoms in total. The Labute approximate surface area is 92.9 Å². The first-order chi connectivity index (χ1) is 7.68. The lowest BCUT2D eigenvalue weighted by Gasteiger charge is -2.25. The molecule has 5 heteroatoms. The number of amidine groups is 1. The second-order valence-corrected chi connectivity index (χ2v) is 3.93. The van der Waals surface area contributed by atoms with Gasteiger partial charge < -0.3 is 10.8 Å². The Hall–Kier alpha value is -2.04. The summed E-state index contributed by atoms with van der Waals surface area (Å²) in [4.78, 5) is 10.7. The predicted octanol–water partition coefficient (Wildman–Crippen LogP) is 0.723. The van der Waals surface area contributed by atoms with Crippen molar-refractivity contribution in [1.29, 1.82) is 0 Å². The third kappa shape index (κ3) is 1.05. The number of phenols is 1. The first-order valence-electron chi connectivity index (χ1n) is 5.17. The lowest BCUT2D eigenvalue weighted by Crippen LogP contribution is -2.42. The summed E-state index contributed by atoms with van der Waals surface area (Å²) >= 11 is 0. The Morgan fingerprint density at radius 1 is 1.44 bits per heavy atom. The molecule has 0 spiro atoms. The van der Waals surface area contributed by atoms with E-state index in [2.05, 4.69) is 9.98 Å². The molecule has 2 heterocycles. The Balaban J connectivity index is 2.30. The summed E-state index contributed by atoms with van der Waals surface area (Å²) in [7, 11) is 0. The van der Waals surface area contributed by atoms with E-state index in [9.17, 15) is 5.11 Å². The summed E-state index contributed by atoms with van der Waals surface area (Å²) in [6.45, 7) is 3.35. The Bertz CT molecular complexity index is 533. The van der Waals surface area contributed by atoms with E-state index in [4.69, 9.17) is 5.73 Å². The molecular formula is C11H12N4O. The van der Waals surface area contributed by atoms with Gasteiger partial charge in [-0.1, -0.05) is 0 Å². The van der Waals surface area contributed by atoms with E-state index < -0.39 is 0 Å². The monoisotopic (exact) mass is 216 g/mol. The van der Waals surface area contributed by atoms with Crippen molar-refractivity contribution in [2.24, 2.45) is 15.7 Å². The molecule has 16 heavy (non-hydrogen) atoms. The Morgan fingerprint density at radius 3 is 3.06 bits per heavy atom. The molecule has 82 valence electrons. The van der Waals surface area contributed by atoms with Crippen LogP contribution in [0.5, 0.6) is 5.75 Å². The minimum atomic E-state index is 0.238. The van der Waals surface area contributed by atoms with E-state index in [0.29, 0.717) is 5.96 Å². The molecule has 0 radical (unpaired) electrons. The second-order valence-electron chi connectivity index (χ2n) is 3.93. The first kappa shape index (κ1) is 9.21. The van der Waals surface area contributed by atoms with E-state index in [-0.39, 0.29) is 5.75 Å². The van der Waals surface area contributed by atoms with Gasteiger partial charge in [-0.05, 0) is 19.1 Å².